The van der Waals surface area contributed by atoms with Gasteiger partial charge in [-0.3, -0.25) is 9.59 Å². The molecule has 1 aromatic heterocycles. The Bertz CT molecular complexity index is 2250. The Labute approximate surface area is 345 Å². The lowest BCUT2D eigenvalue weighted by molar-refractivity contribution is -0.117. The van der Waals surface area contributed by atoms with Crippen LogP contribution in [0.4, 0.5) is 27.5 Å². The average molecular weight is 793 g/mol. The Kier molecular flexibility index (Phi) is 14.0. The number of urea groups is 1. The van der Waals surface area contributed by atoms with Crippen molar-refractivity contribution in [2.75, 3.05) is 60.5 Å². The molecule has 0 radical (unpaired) electrons. The van der Waals surface area contributed by atoms with Gasteiger partial charge in [-0.1, -0.05) is 48.5 Å². The predicted molar refractivity (Wildman–Crippen MR) is 235 cm³/mol. The first-order valence-corrected chi connectivity index (χ1v) is 20.5. The largest absolute Gasteiger partial charge is 0.326 e. The molecule has 0 bridgehead atoms. The lowest BCUT2D eigenvalue weighted by Gasteiger charge is -2.14. The first-order chi connectivity index (χ1) is 28.9. The minimum atomic E-state index is -0.367. The zero-order valence-electron chi connectivity index (χ0n) is 33.6. The molecule has 0 saturated carbocycles. The summed E-state index contributed by atoms with van der Waals surface area (Å²) in [6.07, 6.45) is 11.4. The molecule has 13 nitrogen and oxygen atoms in total. The summed E-state index contributed by atoms with van der Waals surface area (Å²) in [5, 5.41) is 20.7. The third kappa shape index (κ3) is 12.0. The highest BCUT2D eigenvalue weighted by Gasteiger charge is 2.15. The summed E-state index contributed by atoms with van der Waals surface area (Å²) in [4.78, 5) is 47.2. The van der Waals surface area contributed by atoms with E-state index in [-0.39, 0.29) is 17.8 Å². The molecule has 0 spiro atoms. The van der Waals surface area contributed by atoms with Crippen molar-refractivity contribution in [3.8, 4) is 16.9 Å². The van der Waals surface area contributed by atoms with Crippen LogP contribution in [0.2, 0.25) is 0 Å². The van der Waals surface area contributed by atoms with Gasteiger partial charge in [-0.2, -0.15) is 10.2 Å². The number of nitrogens with one attached hydrogen (secondary N) is 4. The molecule has 0 aliphatic carbocycles. The van der Waals surface area contributed by atoms with E-state index in [2.05, 4.69) is 46.3 Å². The Morgan fingerprint density at radius 3 is 1.86 bits per heavy atom. The Morgan fingerprint density at radius 1 is 0.678 bits per heavy atom. The Hall–Kier alpha value is -6.44. The molecule has 0 atom stereocenters. The number of aromatic nitrogens is 2. The number of hydrogen-bond acceptors (Lipinski definition) is 8. The second-order valence-electron chi connectivity index (χ2n) is 14.9. The third-order valence-corrected chi connectivity index (χ3v) is 10.5. The molecular weight excluding hydrogens is 741 g/mol. The van der Waals surface area contributed by atoms with E-state index in [9.17, 15) is 14.4 Å². The van der Waals surface area contributed by atoms with Gasteiger partial charge >= 0.3 is 6.03 Å². The number of hydrogen-bond donors (Lipinski definition) is 4. The molecular formula is C46H52N10O3. The number of azo groups is 1. The van der Waals surface area contributed by atoms with Crippen LogP contribution in [0, 0.1) is 0 Å². The number of likely N-dealkylation sites (tertiary alicyclic amines) is 2. The standard InChI is InChI=1S/C46H52N10O3/c1-2-42(53-48-31-34-9-7-10-39(29-34)49-44(57)21-27-54-23-3-4-24-54)35-13-17-37(18-14-35)51-46(59)52-38-19-15-36(16-20-38)43-32-56(33-47-43)41-12-8-11-40(30-41)50-45(58)22-28-55-25-5-6-26-55/h2,7-20,29-30,32-33H,3-6,21-28,31H2,1H3,(H,49,57)(H,50,58)(H2,51,52,59)/b42-2-,53-48?. The van der Waals surface area contributed by atoms with E-state index in [0.29, 0.717) is 36.5 Å². The van der Waals surface area contributed by atoms with E-state index in [0.717, 1.165) is 78.7 Å². The van der Waals surface area contributed by atoms with Crippen molar-refractivity contribution in [1.29, 1.82) is 0 Å². The van der Waals surface area contributed by atoms with E-state index in [1.54, 1.807) is 6.33 Å². The van der Waals surface area contributed by atoms with Gasteiger partial charge in [0, 0.05) is 71.7 Å². The quantitative estimate of drug-likeness (QED) is 0.0733. The summed E-state index contributed by atoms with van der Waals surface area (Å²) in [6, 6.07) is 30.0. The normalized spacial score (nSPS) is 14.8. The molecule has 13 heteroatoms. The topological polar surface area (TPSA) is 148 Å². The summed E-state index contributed by atoms with van der Waals surface area (Å²) in [7, 11) is 0. The van der Waals surface area contributed by atoms with Crippen LogP contribution in [0.1, 0.15) is 56.6 Å². The van der Waals surface area contributed by atoms with Crippen LogP contribution < -0.4 is 21.3 Å². The van der Waals surface area contributed by atoms with E-state index in [1.807, 2.05) is 121 Å². The van der Waals surface area contributed by atoms with Crippen molar-refractivity contribution in [3.63, 3.8) is 0 Å². The molecule has 0 unspecified atom stereocenters. The molecule has 7 rings (SSSR count). The molecule has 59 heavy (non-hydrogen) atoms. The van der Waals surface area contributed by atoms with Gasteiger partial charge in [0.2, 0.25) is 11.8 Å². The first kappa shape index (κ1) is 40.7. The van der Waals surface area contributed by atoms with Gasteiger partial charge in [0.05, 0.1) is 24.3 Å². The number of rotatable bonds is 16. The summed E-state index contributed by atoms with van der Waals surface area (Å²) in [5.74, 6) is 0.0316. The first-order valence-electron chi connectivity index (χ1n) is 20.5. The van der Waals surface area contributed by atoms with Crippen molar-refractivity contribution in [2.24, 2.45) is 10.2 Å². The van der Waals surface area contributed by atoms with E-state index >= 15 is 0 Å². The molecule has 4 amide bonds. The van der Waals surface area contributed by atoms with Gasteiger partial charge in [0.1, 0.15) is 0 Å². The maximum absolute atomic E-state index is 12.9. The second kappa shape index (κ2) is 20.3. The number of allylic oxidation sites excluding steroid dienone is 1. The van der Waals surface area contributed by atoms with E-state index < -0.39 is 0 Å². The van der Waals surface area contributed by atoms with Crippen LogP contribution in [0.25, 0.3) is 22.6 Å². The number of imidazole rings is 1. The summed E-state index contributed by atoms with van der Waals surface area (Å²) in [6.45, 7) is 8.17. The van der Waals surface area contributed by atoms with Gasteiger partial charge < -0.3 is 35.6 Å². The smallest absolute Gasteiger partial charge is 0.323 e. The van der Waals surface area contributed by atoms with Crippen molar-refractivity contribution in [1.82, 2.24) is 19.4 Å². The molecule has 4 aromatic carbocycles. The monoisotopic (exact) mass is 792 g/mol. The van der Waals surface area contributed by atoms with Gasteiger partial charge in [0.15, 0.2) is 0 Å². The van der Waals surface area contributed by atoms with Crippen LogP contribution in [0.15, 0.2) is 126 Å². The van der Waals surface area contributed by atoms with Crippen molar-refractivity contribution in [3.05, 3.63) is 127 Å². The molecule has 2 fully saturated rings. The maximum atomic E-state index is 12.9. The SMILES string of the molecule is C/C=C(\N=NCc1cccc(NC(=O)CCN2CCCC2)c1)c1ccc(NC(=O)Nc2ccc(-c3cn(-c4cccc(NC(=O)CCN5CCCC5)c4)cn3)cc2)cc1. The minimum Gasteiger partial charge on any atom is -0.326 e. The Balaban J connectivity index is 0.859. The summed E-state index contributed by atoms with van der Waals surface area (Å²) < 4.78 is 1.92. The zero-order chi connectivity index (χ0) is 40.8. The molecule has 3 heterocycles. The molecule has 5 aromatic rings. The van der Waals surface area contributed by atoms with Crippen molar-refractivity contribution >= 4 is 46.3 Å². The highest BCUT2D eigenvalue weighted by atomic mass is 16.2. The number of amides is 4. The third-order valence-electron chi connectivity index (χ3n) is 10.5. The van der Waals surface area contributed by atoms with Gasteiger partial charge in [-0.15, -0.1) is 0 Å². The van der Waals surface area contributed by atoms with Gasteiger partial charge in [-0.25, -0.2) is 9.78 Å². The number of carbonyl (C=O) groups is 3. The summed E-state index contributed by atoms with van der Waals surface area (Å²) >= 11 is 0. The van der Waals surface area contributed by atoms with Crippen LogP contribution in [0.5, 0.6) is 0 Å². The zero-order valence-corrected chi connectivity index (χ0v) is 33.6. The minimum absolute atomic E-state index is 0.0144. The molecule has 4 N–H and O–H groups in total. The van der Waals surface area contributed by atoms with Crippen molar-refractivity contribution in [2.45, 2.75) is 52.0 Å². The van der Waals surface area contributed by atoms with Crippen LogP contribution >= 0.6 is 0 Å². The number of anilines is 4. The number of benzene rings is 4. The van der Waals surface area contributed by atoms with Crippen molar-refractivity contribution < 1.29 is 14.4 Å². The lowest BCUT2D eigenvalue weighted by Crippen LogP contribution is -2.25. The van der Waals surface area contributed by atoms with Gasteiger partial charge in [-0.05, 0) is 119 Å². The predicted octanol–water partition coefficient (Wildman–Crippen LogP) is 9.05. The fourth-order valence-electron chi connectivity index (χ4n) is 7.30. The molecule has 2 aliphatic rings. The van der Waals surface area contributed by atoms with E-state index in [1.165, 1.54) is 25.7 Å². The average Bonchev–Trinajstić information content (AvgIpc) is 4.07. The number of nitrogens with zero attached hydrogens (tertiary/aromatic N) is 6. The highest BCUT2D eigenvalue weighted by molar-refractivity contribution is 6.00. The highest BCUT2D eigenvalue weighted by Crippen LogP contribution is 2.24. The van der Waals surface area contributed by atoms with Crippen LogP contribution in [-0.4, -0.2) is 76.5 Å². The molecule has 304 valence electrons. The summed E-state index contributed by atoms with van der Waals surface area (Å²) in [5.41, 5.74) is 7.85. The Morgan fingerprint density at radius 2 is 1.25 bits per heavy atom. The molecule has 2 saturated heterocycles. The van der Waals surface area contributed by atoms with Gasteiger partial charge in [0.25, 0.3) is 0 Å². The second-order valence-corrected chi connectivity index (χ2v) is 14.9. The molecule has 2 aliphatic heterocycles. The fraction of sp³-hybridized carbons (Fsp3) is 0.304. The van der Waals surface area contributed by atoms with Crippen LogP contribution in [0.3, 0.4) is 0 Å². The number of carbonyl (C=O) groups excluding carboxylic acids is 3. The lowest BCUT2D eigenvalue weighted by atomic mass is 10.1. The fourth-order valence-corrected chi connectivity index (χ4v) is 7.30. The van der Waals surface area contributed by atoms with E-state index in [4.69, 9.17) is 0 Å². The van der Waals surface area contributed by atoms with Crippen LogP contribution in [-0.2, 0) is 16.1 Å². The maximum Gasteiger partial charge on any atom is 0.323 e.